The maximum Gasteiger partial charge on any atom is 0.115 e. The highest BCUT2D eigenvalue weighted by molar-refractivity contribution is 6.17. The van der Waals surface area contributed by atoms with Crippen LogP contribution in [-0.2, 0) is 0 Å². The predicted molar refractivity (Wildman–Crippen MR) is 567 cm³/mol. The maximum atomic E-state index is 4.79. The summed E-state index contributed by atoms with van der Waals surface area (Å²) in [7, 11) is 0. The smallest absolute Gasteiger partial charge is 0.115 e. The number of aromatic nitrogens is 10. The highest BCUT2D eigenvalue weighted by Crippen LogP contribution is 2.45. The van der Waals surface area contributed by atoms with Gasteiger partial charge in [0.2, 0.25) is 0 Å². The van der Waals surface area contributed by atoms with Gasteiger partial charge in [0.15, 0.2) is 0 Å². The largest absolute Gasteiger partial charge is 0.309 e. The first kappa shape index (κ1) is 78.6. The molecule has 0 spiro atoms. The molecule has 0 radical (unpaired) electrons. The normalized spacial score (nSPS) is 11.7. The lowest BCUT2D eigenvalue weighted by Crippen LogP contribution is -1.96. The van der Waals surface area contributed by atoms with Crippen LogP contribution in [0.2, 0.25) is 0 Å². The van der Waals surface area contributed by atoms with E-state index in [1.807, 2.05) is 37.1 Å². The van der Waals surface area contributed by atoms with Gasteiger partial charge < -0.3 is 27.4 Å². The van der Waals surface area contributed by atoms with Crippen molar-refractivity contribution in [3.8, 4) is 101 Å². The van der Waals surface area contributed by atoms with Crippen LogP contribution >= 0.6 is 0 Å². The molecule has 0 aliphatic heterocycles. The van der Waals surface area contributed by atoms with Crippen molar-refractivity contribution >= 4 is 142 Å². The number of pyridine rings is 2. The van der Waals surface area contributed by atoms with Crippen LogP contribution in [0.25, 0.3) is 243 Å². The Morgan fingerprint density at radius 1 is 0.147 bits per heavy atom. The van der Waals surface area contributed by atoms with E-state index in [0.717, 1.165) is 56.1 Å². The third-order valence-electron chi connectivity index (χ3n) is 27.3. The molecule has 10 nitrogen and oxygen atoms in total. The minimum atomic E-state index is 0.956. The van der Waals surface area contributed by atoms with Gasteiger partial charge in [-0.05, 0) is 237 Å². The van der Waals surface area contributed by atoms with Gasteiger partial charge >= 0.3 is 0 Å². The summed E-state index contributed by atoms with van der Waals surface area (Å²) in [6.45, 7) is 0. The molecule has 0 saturated carbocycles. The average Bonchev–Trinajstić information content (AvgIpc) is 1.61. The molecule has 136 heavy (non-hydrogen) atoms. The molecule has 0 atom stereocenters. The molecule has 0 amide bonds. The van der Waals surface area contributed by atoms with Crippen molar-refractivity contribution in [1.29, 1.82) is 0 Å². The molecule has 9 aromatic heterocycles. The lowest BCUT2D eigenvalue weighted by atomic mass is 10.0. The fourth-order valence-corrected chi connectivity index (χ4v) is 21.0. The molecule has 0 fully saturated rings. The summed E-state index contributed by atoms with van der Waals surface area (Å²) < 4.78 is 14.1. The number of hydrogen-bond acceptors (Lipinski definition) is 4. The van der Waals surface area contributed by atoms with Crippen molar-refractivity contribution in [3.05, 3.63) is 498 Å². The number of fused-ring (bicyclic) bond motifs is 19. The summed E-state index contributed by atoms with van der Waals surface area (Å²) in [5.74, 6) is 0. The second-order valence-corrected chi connectivity index (χ2v) is 34.9. The molecule has 0 bridgehead atoms. The quantitative estimate of drug-likeness (QED) is 0.122. The van der Waals surface area contributed by atoms with Crippen LogP contribution < -0.4 is 0 Å². The second kappa shape index (κ2) is 32.9. The standard InChI is InChI=1S/C45H29N3.C41H27N3.C40H26N4/c1-2-10-30(11-3-1)31-19-23-35(24-20-31)47-40-16-6-4-14-36(40)38-28-33(21-25-42(38)47)34-22-26-43-39(29-34)37-15-5-7-17-41(37)48(43)44-18-8-12-32-13-9-27-46-45(32)44;1-2-8-28(9-3-1)29-14-18-32(19-15-29)43-38-12-6-4-10-34(38)36-26-30(16-20-40(36)43)31-17-21-41-37(27-31)35-11-5-7-13-39(35)44(41)33-22-24-42-25-23-33;1-2-8-27(9-3-1)28-14-18-31(19-15-28)43-37-12-6-4-10-33(37)35-22-29(16-20-39(35)43)30-17-21-40-36(23-30)34-11-5-7-13-38(34)44(40)32-24-41-26-42-25-32/h1-29H;1-27H;1-26H. The molecule has 0 N–H and O–H groups in total. The van der Waals surface area contributed by atoms with E-state index in [1.54, 1.807) is 6.33 Å². The Morgan fingerprint density at radius 3 is 0.706 bits per heavy atom. The Kier molecular flexibility index (Phi) is 19.0. The van der Waals surface area contributed by atoms with Gasteiger partial charge in [-0.3, -0.25) is 9.97 Å². The Hall–Kier alpha value is -18.4. The Bertz CT molecular complexity index is 9140. The van der Waals surface area contributed by atoms with Gasteiger partial charge in [0.1, 0.15) is 6.33 Å². The van der Waals surface area contributed by atoms with E-state index >= 15 is 0 Å². The van der Waals surface area contributed by atoms with Crippen LogP contribution in [-0.4, -0.2) is 47.3 Å². The van der Waals surface area contributed by atoms with Crippen LogP contribution in [0.1, 0.15) is 0 Å². The lowest BCUT2D eigenvalue weighted by Gasteiger charge is -2.11. The summed E-state index contributed by atoms with van der Waals surface area (Å²) in [6.07, 6.45) is 10.9. The number of rotatable bonds is 12. The van der Waals surface area contributed by atoms with Crippen molar-refractivity contribution in [2.24, 2.45) is 0 Å². The van der Waals surface area contributed by atoms with Gasteiger partial charge in [0.05, 0.1) is 95.5 Å². The van der Waals surface area contributed by atoms with Crippen LogP contribution in [0.5, 0.6) is 0 Å². The van der Waals surface area contributed by atoms with Crippen LogP contribution in [0.15, 0.2) is 498 Å². The van der Waals surface area contributed by atoms with E-state index < -0.39 is 0 Å². The molecular formula is C126H82N10. The zero-order chi connectivity index (χ0) is 89.7. The highest BCUT2D eigenvalue weighted by atomic mass is 15.0. The van der Waals surface area contributed by atoms with E-state index in [2.05, 4.69) is 497 Å². The average molecular weight is 1740 g/mol. The molecule has 19 aromatic carbocycles. The molecule has 636 valence electrons. The van der Waals surface area contributed by atoms with Crippen molar-refractivity contribution in [2.45, 2.75) is 0 Å². The predicted octanol–water partition coefficient (Wildman–Crippen LogP) is 32.4. The fraction of sp³-hybridized carbons (Fsp3) is 0. The zero-order valence-electron chi connectivity index (χ0n) is 73.8. The molecule has 28 aromatic rings. The Labute approximate surface area is 782 Å². The minimum absolute atomic E-state index is 0.956. The molecule has 0 aliphatic carbocycles. The van der Waals surface area contributed by atoms with Gasteiger partial charge in [-0.1, -0.05) is 291 Å². The number of nitrogens with zero attached hydrogens (tertiary/aromatic N) is 10. The van der Waals surface area contributed by atoms with Gasteiger partial charge in [0, 0.05) is 111 Å². The first-order valence-electron chi connectivity index (χ1n) is 46.2. The molecule has 10 heteroatoms. The molecule has 0 saturated heterocycles. The molecule has 0 aliphatic rings. The summed E-state index contributed by atoms with van der Waals surface area (Å²) in [6, 6.07) is 166. The van der Waals surface area contributed by atoms with E-state index in [-0.39, 0.29) is 0 Å². The summed E-state index contributed by atoms with van der Waals surface area (Å²) in [5, 5.41) is 16.0. The zero-order valence-corrected chi connectivity index (χ0v) is 73.8. The van der Waals surface area contributed by atoms with Gasteiger partial charge in [-0.2, -0.15) is 0 Å². The Balaban J connectivity index is 0.000000106. The van der Waals surface area contributed by atoms with E-state index in [0.29, 0.717) is 0 Å². The minimum Gasteiger partial charge on any atom is -0.309 e. The van der Waals surface area contributed by atoms with E-state index in [4.69, 9.17) is 4.98 Å². The molecule has 9 heterocycles. The lowest BCUT2D eigenvalue weighted by molar-refractivity contribution is 1.07. The fourth-order valence-electron chi connectivity index (χ4n) is 21.0. The van der Waals surface area contributed by atoms with Crippen molar-refractivity contribution < 1.29 is 0 Å². The third-order valence-corrected chi connectivity index (χ3v) is 27.3. The first-order valence-corrected chi connectivity index (χ1v) is 46.2. The Morgan fingerprint density at radius 2 is 0.390 bits per heavy atom. The van der Waals surface area contributed by atoms with Crippen molar-refractivity contribution in [3.63, 3.8) is 0 Å². The van der Waals surface area contributed by atoms with Crippen LogP contribution in [0.3, 0.4) is 0 Å². The van der Waals surface area contributed by atoms with Gasteiger partial charge in [-0.25, -0.2) is 9.97 Å². The van der Waals surface area contributed by atoms with Gasteiger partial charge in [-0.15, -0.1) is 0 Å². The van der Waals surface area contributed by atoms with E-state index in [1.165, 1.54) is 187 Å². The molecular weight excluding hydrogens is 1650 g/mol. The number of para-hydroxylation sites is 7. The van der Waals surface area contributed by atoms with Crippen LogP contribution in [0.4, 0.5) is 0 Å². The summed E-state index contributed by atoms with van der Waals surface area (Å²) >= 11 is 0. The van der Waals surface area contributed by atoms with Crippen LogP contribution in [0, 0.1) is 0 Å². The highest BCUT2D eigenvalue weighted by Gasteiger charge is 2.23. The number of benzene rings is 19. The first-order chi connectivity index (χ1) is 67.5. The van der Waals surface area contributed by atoms with E-state index in [9.17, 15) is 0 Å². The van der Waals surface area contributed by atoms with Gasteiger partial charge in [0.25, 0.3) is 0 Å². The topological polar surface area (TPSA) is 81.1 Å². The summed E-state index contributed by atoms with van der Waals surface area (Å²) in [4.78, 5) is 17.6. The second-order valence-electron chi connectivity index (χ2n) is 34.9. The summed E-state index contributed by atoms with van der Waals surface area (Å²) in [5.41, 5.74) is 36.5. The third kappa shape index (κ3) is 13.4. The SMILES string of the molecule is c1ccc(-c2ccc(-n3c4ccccc4c4cc(-c5ccc6c(c5)c5ccccc5n6-c5cccc6cccnc56)ccc43)cc2)cc1.c1ccc(-c2ccc(-n3c4ccccc4c4cc(-c5ccc6c(c5)c5ccccc5n6-c5ccncc5)ccc43)cc2)cc1.c1ccc(-c2ccc(-n3c4ccccc4c4cc(-c5ccc6c(c5)c5ccccc5n6-c5cncnc5)ccc43)cc2)cc1. The van der Waals surface area contributed by atoms with Crippen molar-refractivity contribution in [1.82, 2.24) is 47.3 Å². The van der Waals surface area contributed by atoms with Crippen molar-refractivity contribution in [2.75, 3.05) is 0 Å². The number of hydrogen-bond donors (Lipinski definition) is 0. The molecule has 0 unspecified atom stereocenters. The molecule has 28 rings (SSSR count). The maximum absolute atomic E-state index is 4.79. The monoisotopic (exact) mass is 1730 g/mol.